The number of sulfone groups is 1. The summed E-state index contributed by atoms with van der Waals surface area (Å²) in [7, 11) is -3.17. The number of pyridine rings is 1. The SMILES string of the molecule is CS(=O)(=O)c1ccc(C(N)Cc2ccc(Br)cn2)cc1. The van der Waals surface area contributed by atoms with E-state index in [4.69, 9.17) is 5.73 Å². The molecular weight excluding hydrogens is 340 g/mol. The van der Waals surface area contributed by atoms with Gasteiger partial charge in [0, 0.05) is 35.1 Å². The Morgan fingerprint density at radius 2 is 1.85 bits per heavy atom. The van der Waals surface area contributed by atoms with E-state index in [0.717, 1.165) is 15.7 Å². The summed E-state index contributed by atoms with van der Waals surface area (Å²) < 4.78 is 23.7. The van der Waals surface area contributed by atoms with Gasteiger partial charge in [0.25, 0.3) is 0 Å². The molecule has 1 atom stereocenters. The van der Waals surface area contributed by atoms with Gasteiger partial charge in [-0.15, -0.1) is 0 Å². The lowest BCUT2D eigenvalue weighted by Crippen LogP contribution is -2.14. The van der Waals surface area contributed by atoms with Crippen molar-refractivity contribution in [3.8, 4) is 0 Å². The van der Waals surface area contributed by atoms with Crippen molar-refractivity contribution in [1.82, 2.24) is 4.98 Å². The van der Waals surface area contributed by atoms with E-state index in [1.165, 1.54) is 6.26 Å². The van der Waals surface area contributed by atoms with Crippen LogP contribution in [0.1, 0.15) is 17.3 Å². The fraction of sp³-hybridized carbons (Fsp3) is 0.214. The molecule has 2 aromatic rings. The standard InChI is InChI=1S/C14H15BrN2O2S/c1-20(18,19)13-6-2-10(3-7-13)14(16)8-12-5-4-11(15)9-17-12/h2-7,9,14H,8,16H2,1H3. The van der Waals surface area contributed by atoms with Crippen LogP contribution in [0.2, 0.25) is 0 Å². The highest BCUT2D eigenvalue weighted by Crippen LogP contribution is 2.18. The third-order valence-electron chi connectivity index (χ3n) is 2.95. The number of aromatic nitrogens is 1. The number of hydrogen-bond acceptors (Lipinski definition) is 4. The Morgan fingerprint density at radius 3 is 2.35 bits per heavy atom. The summed E-state index contributed by atoms with van der Waals surface area (Å²) in [5, 5.41) is 0. The maximum atomic E-state index is 11.4. The molecule has 0 aliphatic heterocycles. The number of halogens is 1. The molecule has 2 rings (SSSR count). The Bertz CT molecular complexity index is 682. The van der Waals surface area contributed by atoms with Gasteiger partial charge < -0.3 is 5.73 Å². The Hall–Kier alpha value is -1.24. The Balaban J connectivity index is 2.13. The normalized spacial score (nSPS) is 13.2. The van der Waals surface area contributed by atoms with E-state index in [1.807, 2.05) is 12.1 Å². The van der Waals surface area contributed by atoms with Gasteiger partial charge in [-0.1, -0.05) is 12.1 Å². The van der Waals surface area contributed by atoms with E-state index in [0.29, 0.717) is 11.3 Å². The number of benzene rings is 1. The molecule has 0 bridgehead atoms. The van der Waals surface area contributed by atoms with Gasteiger partial charge in [-0.3, -0.25) is 4.98 Å². The first-order valence-corrected chi connectivity index (χ1v) is 8.71. The predicted octanol–water partition coefficient (Wildman–Crippen LogP) is 2.49. The first-order chi connectivity index (χ1) is 9.36. The van der Waals surface area contributed by atoms with Crippen LogP contribution in [0.15, 0.2) is 52.0 Å². The molecule has 4 nitrogen and oxygen atoms in total. The molecule has 6 heteroatoms. The topological polar surface area (TPSA) is 73.0 Å². The van der Waals surface area contributed by atoms with Gasteiger partial charge >= 0.3 is 0 Å². The number of nitrogens with two attached hydrogens (primary N) is 1. The van der Waals surface area contributed by atoms with Crippen LogP contribution in [-0.4, -0.2) is 19.7 Å². The lowest BCUT2D eigenvalue weighted by atomic mass is 10.0. The molecule has 0 saturated carbocycles. The zero-order valence-corrected chi connectivity index (χ0v) is 13.4. The van der Waals surface area contributed by atoms with Gasteiger partial charge in [-0.25, -0.2) is 8.42 Å². The van der Waals surface area contributed by atoms with Crippen molar-refractivity contribution in [1.29, 1.82) is 0 Å². The lowest BCUT2D eigenvalue weighted by molar-refractivity contribution is 0.601. The number of nitrogens with zero attached hydrogens (tertiary/aromatic N) is 1. The highest BCUT2D eigenvalue weighted by molar-refractivity contribution is 9.10. The molecule has 0 saturated heterocycles. The average Bonchev–Trinajstić information content (AvgIpc) is 2.40. The third kappa shape index (κ3) is 3.88. The first kappa shape index (κ1) is 15.2. The van der Waals surface area contributed by atoms with Crippen LogP contribution in [0.4, 0.5) is 0 Å². The maximum Gasteiger partial charge on any atom is 0.175 e. The fourth-order valence-electron chi connectivity index (χ4n) is 1.83. The van der Waals surface area contributed by atoms with Gasteiger partial charge in [-0.2, -0.15) is 0 Å². The molecule has 20 heavy (non-hydrogen) atoms. The number of hydrogen-bond donors (Lipinski definition) is 1. The summed E-state index contributed by atoms with van der Waals surface area (Å²) >= 11 is 3.33. The molecule has 106 valence electrons. The van der Waals surface area contributed by atoms with Crippen LogP contribution >= 0.6 is 15.9 Å². The summed E-state index contributed by atoms with van der Waals surface area (Å²) in [6.45, 7) is 0. The highest BCUT2D eigenvalue weighted by Gasteiger charge is 2.11. The minimum absolute atomic E-state index is 0.211. The lowest BCUT2D eigenvalue weighted by Gasteiger charge is -2.12. The molecule has 1 unspecified atom stereocenters. The minimum Gasteiger partial charge on any atom is -0.324 e. The van der Waals surface area contributed by atoms with Crippen molar-refractivity contribution in [3.63, 3.8) is 0 Å². The second-order valence-electron chi connectivity index (χ2n) is 4.62. The monoisotopic (exact) mass is 354 g/mol. The summed E-state index contributed by atoms with van der Waals surface area (Å²) in [6.07, 6.45) is 3.52. The molecule has 1 heterocycles. The van der Waals surface area contributed by atoms with Gasteiger partial charge in [0.1, 0.15) is 0 Å². The van der Waals surface area contributed by atoms with Gasteiger partial charge in [0.05, 0.1) is 4.90 Å². The fourth-order valence-corrected chi connectivity index (χ4v) is 2.70. The van der Waals surface area contributed by atoms with E-state index in [2.05, 4.69) is 20.9 Å². The molecule has 1 aromatic carbocycles. The van der Waals surface area contributed by atoms with E-state index < -0.39 is 9.84 Å². The first-order valence-electron chi connectivity index (χ1n) is 6.02. The van der Waals surface area contributed by atoms with E-state index in [-0.39, 0.29) is 6.04 Å². The van der Waals surface area contributed by atoms with Crippen molar-refractivity contribution in [2.45, 2.75) is 17.4 Å². The van der Waals surface area contributed by atoms with Crippen LogP contribution in [0.25, 0.3) is 0 Å². The Labute approximate surface area is 127 Å². The Morgan fingerprint density at radius 1 is 1.20 bits per heavy atom. The summed E-state index contributed by atoms with van der Waals surface area (Å²) in [6, 6.07) is 10.3. The summed E-state index contributed by atoms with van der Waals surface area (Å²) in [4.78, 5) is 4.58. The molecule has 0 spiro atoms. The predicted molar refractivity (Wildman–Crippen MR) is 82.1 cm³/mol. The second-order valence-corrected chi connectivity index (χ2v) is 7.55. The van der Waals surface area contributed by atoms with E-state index >= 15 is 0 Å². The van der Waals surface area contributed by atoms with Gasteiger partial charge in [0.15, 0.2) is 9.84 Å². The quantitative estimate of drug-likeness (QED) is 0.915. The van der Waals surface area contributed by atoms with E-state index in [9.17, 15) is 8.42 Å². The second kappa shape index (κ2) is 6.03. The van der Waals surface area contributed by atoms with Gasteiger partial charge in [0.2, 0.25) is 0 Å². The molecule has 0 aliphatic rings. The minimum atomic E-state index is -3.17. The summed E-state index contributed by atoms with van der Waals surface area (Å²) in [5.74, 6) is 0. The number of rotatable bonds is 4. The molecule has 0 aliphatic carbocycles. The van der Waals surface area contributed by atoms with Crippen molar-refractivity contribution in [3.05, 3.63) is 58.3 Å². The maximum absolute atomic E-state index is 11.4. The van der Waals surface area contributed by atoms with E-state index in [1.54, 1.807) is 30.5 Å². The average molecular weight is 355 g/mol. The van der Waals surface area contributed by atoms with Crippen LogP contribution < -0.4 is 5.73 Å². The molecule has 1 aromatic heterocycles. The zero-order chi connectivity index (χ0) is 14.8. The summed E-state index contributed by atoms with van der Waals surface area (Å²) in [5.41, 5.74) is 7.91. The molecule has 2 N–H and O–H groups in total. The Kier molecular flexibility index (Phi) is 4.57. The molecular formula is C14H15BrN2O2S. The highest BCUT2D eigenvalue weighted by atomic mass is 79.9. The molecule has 0 fully saturated rings. The van der Waals surface area contributed by atoms with Gasteiger partial charge in [-0.05, 0) is 45.8 Å². The third-order valence-corrected chi connectivity index (χ3v) is 4.55. The smallest absolute Gasteiger partial charge is 0.175 e. The van der Waals surface area contributed by atoms with Crippen LogP contribution in [0.3, 0.4) is 0 Å². The molecule has 0 radical (unpaired) electrons. The van der Waals surface area contributed by atoms with Crippen molar-refractivity contribution < 1.29 is 8.42 Å². The molecule has 0 amide bonds. The van der Waals surface area contributed by atoms with Crippen LogP contribution in [0.5, 0.6) is 0 Å². The zero-order valence-electron chi connectivity index (χ0n) is 11.0. The van der Waals surface area contributed by atoms with Crippen molar-refractivity contribution in [2.75, 3.05) is 6.26 Å². The van der Waals surface area contributed by atoms with Crippen molar-refractivity contribution in [2.24, 2.45) is 5.73 Å². The largest absolute Gasteiger partial charge is 0.324 e. The van der Waals surface area contributed by atoms with Crippen molar-refractivity contribution >= 4 is 25.8 Å². The van der Waals surface area contributed by atoms with Crippen LogP contribution in [-0.2, 0) is 16.3 Å². The van der Waals surface area contributed by atoms with Crippen LogP contribution in [0, 0.1) is 0 Å².